The molecule has 0 saturated heterocycles. The van der Waals surface area contributed by atoms with E-state index in [2.05, 4.69) is 31.7 Å². The van der Waals surface area contributed by atoms with Gasteiger partial charge in [-0.15, -0.1) is 10.2 Å². The van der Waals surface area contributed by atoms with Gasteiger partial charge in [0, 0.05) is 12.2 Å². The van der Waals surface area contributed by atoms with E-state index in [0.717, 1.165) is 28.6 Å². The van der Waals surface area contributed by atoms with E-state index in [0.29, 0.717) is 30.4 Å². The van der Waals surface area contributed by atoms with E-state index in [1.807, 2.05) is 48.7 Å². The lowest BCUT2D eigenvalue weighted by atomic mass is 10.2. The van der Waals surface area contributed by atoms with Crippen molar-refractivity contribution in [2.24, 2.45) is 0 Å². The van der Waals surface area contributed by atoms with Crippen LogP contribution in [0.1, 0.15) is 28.3 Å². The SMILES string of the molecule is Cc1c(C#N)c(NC(=O)CSc2nnc(Cn3cncn3)o2)n(Cc2ccccc2)c1C. The second kappa shape index (κ2) is 9.49. The van der Waals surface area contributed by atoms with Crippen LogP contribution in [-0.4, -0.2) is 41.2 Å². The molecule has 4 rings (SSSR count). The highest BCUT2D eigenvalue weighted by atomic mass is 32.2. The molecular weight excluding hydrogens is 428 g/mol. The number of carbonyl (C=O) groups is 1. The Balaban J connectivity index is 1.44. The number of benzene rings is 1. The Kier molecular flexibility index (Phi) is 6.32. The average Bonchev–Trinajstić information content (AvgIpc) is 3.52. The number of nitriles is 1. The quantitative estimate of drug-likeness (QED) is 0.408. The number of nitrogens with one attached hydrogen (secondary N) is 1. The van der Waals surface area contributed by atoms with Crippen LogP contribution in [0.2, 0.25) is 0 Å². The summed E-state index contributed by atoms with van der Waals surface area (Å²) in [5.41, 5.74) is 3.32. The molecule has 1 aromatic carbocycles. The fourth-order valence-corrected chi connectivity index (χ4v) is 3.78. The predicted octanol–water partition coefficient (Wildman–Crippen LogP) is 2.78. The molecule has 0 saturated carbocycles. The van der Waals surface area contributed by atoms with Gasteiger partial charge in [0.25, 0.3) is 5.22 Å². The number of anilines is 1. The molecular formula is C21H20N8O2S. The third kappa shape index (κ3) is 4.70. The summed E-state index contributed by atoms with van der Waals surface area (Å²) in [5, 5.41) is 24.7. The number of thioether (sulfide) groups is 1. The lowest BCUT2D eigenvalue weighted by Gasteiger charge is -2.13. The molecule has 0 aliphatic carbocycles. The number of aromatic nitrogens is 6. The lowest BCUT2D eigenvalue weighted by molar-refractivity contribution is -0.113. The second-order valence-electron chi connectivity index (χ2n) is 7.01. The first kappa shape index (κ1) is 21.3. The molecule has 0 bridgehead atoms. The maximum atomic E-state index is 12.7. The zero-order valence-corrected chi connectivity index (χ0v) is 18.3. The third-order valence-corrected chi connectivity index (χ3v) is 5.74. The fourth-order valence-electron chi connectivity index (χ4n) is 3.20. The minimum absolute atomic E-state index is 0.0600. The maximum Gasteiger partial charge on any atom is 0.277 e. The van der Waals surface area contributed by atoms with Gasteiger partial charge in [-0.2, -0.15) is 10.4 Å². The van der Waals surface area contributed by atoms with Crippen LogP contribution in [-0.2, 0) is 17.9 Å². The van der Waals surface area contributed by atoms with Gasteiger partial charge in [0.1, 0.15) is 31.1 Å². The summed E-state index contributed by atoms with van der Waals surface area (Å²) in [4.78, 5) is 16.5. The minimum Gasteiger partial charge on any atom is -0.414 e. The Labute approximate surface area is 188 Å². The Bertz CT molecular complexity index is 1260. The summed E-state index contributed by atoms with van der Waals surface area (Å²) in [7, 11) is 0. The van der Waals surface area contributed by atoms with E-state index in [4.69, 9.17) is 4.42 Å². The summed E-state index contributed by atoms with van der Waals surface area (Å²) in [6, 6.07) is 12.1. The standard InChI is InChI=1S/C21H20N8O2S/c1-14-15(2)29(9-16-6-4-3-5-7-16)20(17(14)8-22)25-18(30)11-32-21-27-26-19(31-21)10-28-13-23-12-24-28/h3-7,12-13H,9-11H2,1-2H3,(H,25,30). The number of rotatable bonds is 8. The summed E-state index contributed by atoms with van der Waals surface area (Å²) in [6.07, 6.45) is 2.97. The molecule has 10 nitrogen and oxygen atoms in total. The lowest BCUT2D eigenvalue weighted by Crippen LogP contribution is -2.18. The number of nitrogens with zero attached hydrogens (tertiary/aromatic N) is 7. The minimum atomic E-state index is -0.269. The van der Waals surface area contributed by atoms with Gasteiger partial charge in [0.2, 0.25) is 11.8 Å². The predicted molar refractivity (Wildman–Crippen MR) is 117 cm³/mol. The average molecular weight is 449 g/mol. The van der Waals surface area contributed by atoms with Crippen molar-refractivity contribution in [2.75, 3.05) is 11.1 Å². The van der Waals surface area contributed by atoms with Crippen LogP contribution < -0.4 is 5.32 Å². The number of carbonyl (C=O) groups excluding carboxylic acids is 1. The van der Waals surface area contributed by atoms with Crippen LogP contribution in [0, 0.1) is 25.2 Å². The van der Waals surface area contributed by atoms with Gasteiger partial charge in [0.15, 0.2) is 0 Å². The van der Waals surface area contributed by atoms with Crippen molar-refractivity contribution in [3.8, 4) is 6.07 Å². The number of hydrogen-bond donors (Lipinski definition) is 1. The van der Waals surface area contributed by atoms with E-state index >= 15 is 0 Å². The molecule has 0 atom stereocenters. The van der Waals surface area contributed by atoms with E-state index < -0.39 is 0 Å². The van der Waals surface area contributed by atoms with E-state index in [-0.39, 0.29) is 16.9 Å². The van der Waals surface area contributed by atoms with Crippen molar-refractivity contribution in [1.29, 1.82) is 5.26 Å². The summed E-state index contributed by atoms with van der Waals surface area (Å²) < 4.78 is 9.06. The van der Waals surface area contributed by atoms with Crippen molar-refractivity contribution >= 4 is 23.5 Å². The Hall–Kier alpha value is -3.91. The molecule has 0 spiro atoms. The van der Waals surface area contributed by atoms with E-state index in [9.17, 15) is 10.1 Å². The summed E-state index contributed by atoms with van der Waals surface area (Å²) >= 11 is 1.13. The second-order valence-corrected chi connectivity index (χ2v) is 7.94. The summed E-state index contributed by atoms with van der Waals surface area (Å²) in [6.45, 7) is 4.68. The van der Waals surface area contributed by atoms with Crippen LogP contribution >= 0.6 is 11.8 Å². The van der Waals surface area contributed by atoms with Crippen molar-refractivity contribution in [1.82, 2.24) is 29.5 Å². The topological polar surface area (TPSA) is 127 Å². The molecule has 0 fully saturated rings. The molecule has 1 amide bonds. The molecule has 32 heavy (non-hydrogen) atoms. The van der Waals surface area contributed by atoms with E-state index in [1.165, 1.54) is 6.33 Å². The molecule has 0 unspecified atom stereocenters. The molecule has 4 aromatic rings. The molecule has 11 heteroatoms. The first-order valence-electron chi connectivity index (χ1n) is 9.76. The molecule has 162 valence electrons. The molecule has 0 aliphatic rings. The molecule has 1 N–H and O–H groups in total. The largest absolute Gasteiger partial charge is 0.414 e. The van der Waals surface area contributed by atoms with Gasteiger partial charge in [-0.05, 0) is 25.0 Å². The Morgan fingerprint density at radius 1 is 1.22 bits per heavy atom. The molecule has 3 aromatic heterocycles. The molecule has 0 radical (unpaired) electrons. The molecule has 0 aliphatic heterocycles. The highest BCUT2D eigenvalue weighted by Gasteiger charge is 2.20. The van der Waals surface area contributed by atoms with Crippen molar-refractivity contribution in [2.45, 2.75) is 32.2 Å². The van der Waals surface area contributed by atoms with Crippen molar-refractivity contribution < 1.29 is 9.21 Å². The number of amides is 1. The van der Waals surface area contributed by atoms with Crippen LogP contribution in [0.15, 0.2) is 52.6 Å². The maximum absolute atomic E-state index is 12.7. The third-order valence-electron chi connectivity index (χ3n) is 4.92. The van der Waals surface area contributed by atoms with Crippen LogP contribution in [0.5, 0.6) is 0 Å². The first-order valence-corrected chi connectivity index (χ1v) is 10.7. The zero-order chi connectivity index (χ0) is 22.5. The first-order chi connectivity index (χ1) is 15.5. The highest BCUT2D eigenvalue weighted by molar-refractivity contribution is 7.99. The monoisotopic (exact) mass is 448 g/mol. The zero-order valence-electron chi connectivity index (χ0n) is 17.5. The van der Waals surface area contributed by atoms with Gasteiger partial charge in [-0.3, -0.25) is 4.79 Å². The van der Waals surface area contributed by atoms with Crippen molar-refractivity contribution in [3.05, 3.63) is 71.3 Å². The summed E-state index contributed by atoms with van der Waals surface area (Å²) in [5.74, 6) is 0.654. The fraction of sp³-hybridized carbons (Fsp3) is 0.238. The Morgan fingerprint density at radius 3 is 2.75 bits per heavy atom. The van der Waals surface area contributed by atoms with Crippen LogP contribution in [0.3, 0.4) is 0 Å². The highest BCUT2D eigenvalue weighted by Crippen LogP contribution is 2.28. The van der Waals surface area contributed by atoms with Crippen LogP contribution in [0.4, 0.5) is 5.82 Å². The van der Waals surface area contributed by atoms with Gasteiger partial charge in [-0.25, -0.2) is 9.67 Å². The van der Waals surface area contributed by atoms with Crippen molar-refractivity contribution in [3.63, 3.8) is 0 Å². The van der Waals surface area contributed by atoms with Gasteiger partial charge in [0.05, 0.1) is 11.3 Å². The number of hydrogen-bond acceptors (Lipinski definition) is 8. The van der Waals surface area contributed by atoms with Crippen LogP contribution in [0.25, 0.3) is 0 Å². The molecule has 3 heterocycles. The van der Waals surface area contributed by atoms with E-state index in [1.54, 1.807) is 11.0 Å². The normalized spacial score (nSPS) is 10.8. The Morgan fingerprint density at radius 2 is 2.03 bits per heavy atom. The van der Waals surface area contributed by atoms with Gasteiger partial charge >= 0.3 is 0 Å². The van der Waals surface area contributed by atoms with Gasteiger partial charge < -0.3 is 14.3 Å². The smallest absolute Gasteiger partial charge is 0.277 e. The van der Waals surface area contributed by atoms with Gasteiger partial charge in [-0.1, -0.05) is 42.1 Å².